The summed E-state index contributed by atoms with van der Waals surface area (Å²) in [6, 6.07) is 16.8. The number of carbonyl (C=O) groups excluding carboxylic acids is 3. The second-order valence-electron chi connectivity index (χ2n) is 7.30. The van der Waals surface area contributed by atoms with Crippen LogP contribution in [0.3, 0.4) is 0 Å². The van der Waals surface area contributed by atoms with E-state index in [9.17, 15) is 14.4 Å². The van der Waals surface area contributed by atoms with E-state index < -0.39 is 29.4 Å². The van der Waals surface area contributed by atoms with E-state index in [0.29, 0.717) is 0 Å². The van der Waals surface area contributed by atoms with Gasteiger partial charge in [-0.1, -0.05) is 66.2 Å². The zero-order valence-corrected chi connectivity index (χ0v) is 18.3. The van der Waals surface area contributed by atoms with Gasteiger partial charge in [0.2, 0.25) is 0 Å². The minimum Gasteiger partial charge on any atom is -0.468 e. The molecule has 0 N–H and O–H groups in total. The highest BCUT2D eigenvalue weighted by Crippen LogP contribution is 2.32. The van der Waals surface area contributed by atoms with E-state index >= 15 is 0 Å². The SMILES string of the molecule is COC(=O)C(C/C=C/C(OC(C)=O)c1ccccc1)(Cc1ccc(C)cc1)C(=O)OC. The maximum atomic E-state index is 12.8. The predicted molar refractivity (Wildman–Crippen MR) is 116 cm³/mol. The second kappa shape index (κ2) is 11.1. The molecule has 0 heterocycles. The fourth-order valence-corrected chi connectivity index (χ4v) is 3.34. The molecule has 0 saturated heterocycles. The van der Waals surface area contributed by atoms with E-state index in [1.807, 2.05) is 61.5 Å². The van der Waals surface area contributed by atoms with Crippen molar-refractivity contribution in [2.24, 2.45) is 5.41 Å². The lowest BCUT2D eigenvalue weighted by atomic mass is 9.78. The molecule has 31 heavy (non-hydrogen) atoms. The smallest absolute Gasteiger partial charge is 0.323 e. The summed E-state index contributed by atoms with van der Waals surface area (Å²) >= 11 is 0. The molecule has 0 aliphatic carbocycles. The van der Waals surface area contributed by atoms with Crippen LogP contribution in [-0.4, -0.2) is 32.1 Å². The Morgan fingerprint density at radius 1 is 0.935 bits per heavy atom. The third kappa shape index (κ3) is 6.28. The Bertz CT molecular complexity index is 899. The number of aryl methyl sites for hydroxylation is 1. The molecule has 6 heteroatoms. The zero-order valence-electron chi connectivity index (χ0n) is 18.3. The van der Waals surface area contributed by atoms with E-state index in [-0.39, 0.29) is 12.8 Å². The number of hydrogen-bond acceptors (Lipinski definition) is 6. The zero-order chi connectivity index (χ0) is 22.9. The standard InChI is InChI=1S/C25H28O6/c1-18-12-14-20(15-13-18)17-25(23(27)29-3,24(28)30-4)16-8-11-22(31-19(2)26)21-9-6-5-7-10-21/h5-15,22H,16-17H2,1-4H3/b11-8+. The third-order valence-corrected chi connectivity index (χ3v) is 4.98. The summed E-state index contributed by atoms with van der Waals surface area (Å²) in [4.78, 5) is 37.1. The number of methoxy groups -OCH3 is 2. The summed E-state index contributed by atoms with van der Waals surface area (Å²) in [5.74, 6) is -1.81. The van der Waals surface area contributed by atoms with Gasteiger partial charge in [0.05, 0.1) is 14.2 Å². The molecule has 2 aromatic rings. The van der Waals surface area contributed by atoms with Gasteiger partial charge in [0.25, 0.3) is 0 Å². The minimum absolute atomic E-state index is 0.0187. The maximum absolute atomic E-state index is 12.8. The van der Waals surface area contributed by atoms with E-state index in [2.05, 4.69) is 0 Å². The van der Waals surface area contributed by atoms with Crippen LogP contribution in [0.15, 0.2) is 66.7 Å². The van der Waals surface area contributed by atoms with Gasteiger partial charge < -0.3 is 14.2 Å². The molecular formula is C25H28O6. The van der Waals surface area contributed by atoms with Gasteiger partial charge in [0.1, 0.15) is 6.10 Å². The van der Waals surface area contributed by atoms with Crippen LogP contribution in [0.5, 0.6) is 0 Å². The molecule has 0 saturated carbocycles. The lowest BCUT2D eigenvalue weighted by molar-refractivity contribution is -0.169. The summed E-state index contributed by atoms with van der Waals surface area (Å²) in [7, 11) is 2.48. The van der Waals surface area contributed by atoms with Crippen molar-refractivity contribution in [3.63, 3.8) is 0 Å². The van der Waals surface area contributed by atoms with Crippen molar-refractivity contribution in [3.05, 3.63) is 83.4 Å². The highest BCUT2D eigenvalue weighted by atomic mass is 16.5. The van der Waals surface area contributed by atoms with E-state index in [4.69, 9.17) is 14.2 Å². The van der Waals surface area contributed by atoms with Gasteiger partial charge in [0, 0.05) is 6.92 Å². The van der Waals surface area contributed by atoms with Crippen LogP contribution in [0, 0.1) is 12.3 Å². The van der Waals surface area contributed by atoms with Crippen molar-refractivity contribution >= 4 is 17.9 Å². The molecule has 2 aromatic carbocycles. The molecule has 0 aliphatic heterocycles. The molecular weight excluding hydrogens is 396 g/mol. The lowest BCUT2D eigenvalue weighted by Gasteiger charge is -2.27. The van der Waals surface area contributed by atoms with Crippen molar-refractivity contribution in [1.82, 2.24) is 0 Å². The Morgan fingerprint density at radius 3 is 2.03 bits per heavy atom. The van der Waals surface area contributed by atoms with E-state index in [1.54, 1.807) is 12.2 Å². The first-order valence-electron chi connectivity index (χ1n) is 9.93. The molecule has 0 fully saturated rings. The Morgan fingerprint density at radius 2 is 1.52 bits per heavy atom. The van der Waals surface area contributed by atoms with Crippen molar-refractivity contribution < 1.29 is 28.6 Å². The van der Waals surface area contributed by atoms with Gasteiger partial charge in [0.15, 0.2) is 5.41 Å². The van der Waals surface area contributed by atoms with Crippen LogP contribution in [0.25, 0.3) is 0 Å². The molecule has 1 unspecified atom stereocenters. The quantitative estimate of drug-likeness (QED) is 0.261. The van der Waals surface area contributed by atoms with Gasteiger partial charge in [-0.05, 0) is 37.0 Å². The molecule has 164 valence electrons. The third-order valence-electron chi connectivity index (χ3n) is 4.98. The normalized spacial score (nSPS) is 12.3. The van der Waals surface area contributed by atoms with Crippen molar-refractivity contribution in [2.45, 2.75) is 32.8 Å². The van der Waals surface area contributed by atoms with Crippen LogP contribution in [0.2, 0.25) is 0 Å². The van der Waals surface area contributed by atoms with E-state index in [0.717, 1.165) is 16.7 Å². The summed E-state index contributed by atoms with van der Waals surface area (Å²) in [5, 5.41) is 0. The number of ether oxygens (including phenoxy) is 3. The monoisotopic (exact) mass is 424 g/mol. The highest BCUT2D eigenvalue weighted by Gasteiger charge is 2.47. The number of benzene rings is 2. The Balaban J connectivity index is 2.38. The number of carbonyl (C=O) groups is 3. The predicted octanol–water partition coefficient (Wildman–Crippen LogP) is 4.12. The van der Waals surface area contributed by atoms with Crippen LogP contribution < -0.4 is 0 Å². The van der Waals surface area contributed by atoms with Gasteiger partial charge in [-0.2, -0.15) is 0 Å². The fourth-order valence-electron chi connectivity index (χ4n) is 3.34. The molecule has 1 atom stereocenters. The first kappa shape index (κ1) is 23.9. The first-order chi connectivity index (χ1) is 14.8. The Hall–Kier alpha value is -3.41. The summed E-state index contributed by atoms with van der Waals surface area (Å²) < 4.78 is 15.4. The number of hydrogen-bond donors (Lipinski definition) is 0. The molecule has 0 amide bonds. The summed E-state index contributed by atoms with van der Waals surface area (Å²) in [6.45, 7) is 3.29. The summed E-state index contributed by atoms with van der Waals surface area (Å²) in [5.41, 5.74) is 1.08. The van der Waals surface area contributed by atoms with Crippen LogP contribution in [-0.2, 0) is 35.0 Å². The summed E-state index contributed by atoms with van der Waals surface area (Å²) in [6.07, 6.45) is 2.80. The molecule has 6 nitrogen and oxygen atoms in total. The van der Waals surface area contributed by atoms with Crippen LogP contribution >= 0.6 is 0 Å². The lowest BCUT2D eigenvalue weighted by Crippen LogP contribution is -2.43. The molecule has 0 aromatic heterocycles. The fraction of sp³-hybridized carbons (Fsp3) is 0.320. The Kier molecular flexibility index (Phi) is 8.55. The topological polar surface area (TPSA) is 78.9 Å². The molecule has 0 bridgehead atoms. The van der Waals surface area contributed by atoms with Gasteiger partial charge in [-0.3, -0.25) is 14.4 Å². The van der Waals surface area contributed by atoms with Crippen molar-refractivity contribution in [2.75, 3.05) is 14.2 Å². The van der Waals surface area contributed by atoms with Gasteiger partial charge in [-0.25, -0.2) is 0 Å². The van der Waals surface area contributed by atoms with E-state index in [1.165, 1.54) is 21.1 Å². The average Bonchev–Trinajstić information content (AvgIpc) is 2.78. The molecule has 2 rings (SSSR count). The molecule has 0 aliphatic rings. The second-order valence-corrected chi connectivity index (χ2v) is 7.30. The first-order valence-corrected chi connectivity index (χ1v) is 9.93. The number of esters is 3. The number of rotatable bonds is 9. The molecule has 0 spiro atoms. The van der Waals surface area contributed by atoms with Crippen LogP contribution in [0.1, 0.15) is 36.1 Å². The van der Waals surface area contributed by atoms with Gasteiger partial charge in [-0.15, -0.1) is 0 Å². The van der Waals surface area contributed by atoms with Crippen LogP contribution in [0.4, 0.5) is 0 Å². The average molecular weight is 424 g/mol. The molecule has 0 radical (unpaired) electrons. The Labute approximate surface area is 182 Å². The minimum atomic E-state index is -1.56. The van der Waals surface area contributed by atoms with Gasteiger partial charge >= 0.3 is 17.9 Å². The highest BCUT2D eigenvalue weighted by molar-refractivity contribution is 6.00. The largest absolute Gasteiger partial charge is 0.468 e. The van der Waals surface area contributed by atoms with Crippen molar-refractivity contribution in [3.8, 4) is 0 Å². The number of allylic oxidation sites excluding steroid dienone is 1. The van der Waals surface area contributed by atoms with Crippen molar-refractivity contribution in [1.29, 1.82) is 0 Å². The maximum Gasteiger partial charge on any atom is 0.323 e.